The second kappa shape index (κ2) is 5.31. The van der Waals surface area contributed by atoms with E-state index in [1.54, 1.807) is 6.66 Å². The maximum absolute atomic E-state index is 12.5. The zero-order valence-corrected chi connectivity index (χ0v) is 10.7. The first-order valence-corrected chi connectivity index (χ1v) is 7.76. The normalized spacial score (nSPS) is 14.2. The molecule has 0 saturated heterocycles. The predicted octanol–water partition coefficient (Wildman–Crippen LogP) is 3.01. The van der Waals surface area contributed by atoms with Crippen LogP contribution in [0.15, 0.2) is 60.7 Å². The Labute approximate surface area is 102 Å². The highest BCUT2D eigenvalue weighted by molar-refractivity contribution is 7.68. The van der Waals surface area contributed by atoms with Crippen molar-refractivity contribution in [3.63, 3.8) is 0 Å². The molecule has 0 amide bonds. The first-order valence-electron chi connectivity index (χ1n) is 5.61. The van der Waals surface area contributed by atoms with E-state index >= 15 is 0 Å². The summed E-state index contributed by atoms with van der Waals surface area (Å²) in [5, 5.41) is 4.02. The average Bonchev–Trinajstić information content (AvgIpc) is 2.39. The number of nitrogens with one attached hydrogen (secondary N) is 1. The third-order valence-electron chi connectivity index (χ3n) is 2.68. The minimum atomic E-state index is -2.46. The van der Waals surface area contributed by atoms with Gasteiger partial charge in [0.15, 0.2) is 7.29 Å². The molecule has 0 radical (unpaired) electrons. The van der Waals surface area contributed by atoms with Gasteiger partial charge < -0.3 is 4.57 Å². The summed E-state index contributed by atoms with van der Waals surface area (Å²) in [6, 6.07) is 19.6. The Kier molecular flexibility index (Phi) is 3.78. The highest BCUT2D eigenvalue weighted by Gasteiger charge is 2.16. The molecule has 0 fully saturated rings. The quantitative estimate of drug-likeness (QED) is 0.839. The van der Waals surface area contributed by atoms with Crippen molar-refractivity contribution in [1.82, 2.24) is 5.09 Å². The van der Waals surface area contributed by atoms with Crippen molar-refractivity contribution in [3.8, 4) is 0 Å². The van der Waals surface area contributed by atoms with Crippen molar-refractivity contribution in [3.05, 3.63) is 66.2 Å². The van der Waals surface area contributed by atoms with Crippen molar-refractivity contribution >= 4 is 12.6 Å². The van der Waals surface area contributed by atoms with Gasteiger partial charge in [0.05, 0.1) is 0 Å². The Bertz CT molecular complexity index is 510. The molecular formula is C14H16NOP. The van der Waals surface area contributed by atoms with Gasteiger partial charge in [-0.1, -0.05) is 60.7 Å². The van der Waals surface area contributed by atoms with Gasteiger partial charge in [-0.2, -0.15) is 0 Å². The lowest BCUT2D eigenvalue weighted by atomic mass is 10.2. The summed E-state index contributed by atoms with van der Waals surface area (Å²) in [7, 11) is -2.46. The van der Waals surface area contributed by atoms with Gasteiger partial charge in [0, 0.05) is 18.5 Å². The lowest BCUT2D eigenvalue weighted by Gasteiger charge is -2.15. The largest absolute Gasteiger partial charge is 0.302 e. The smallest absolute Gasteiger partial charge is 0.173 e. The predicted molar refractivity (Wildman–Crippen MR) is 72.9 cm³/mol. The molecule has 0 saturated carbocycles. The van der Waals surface area contributed by atoms with E-state index in [1.807, 2.05) is 60.7 Å². The fourth-order valence-corrected chi connectivity index (χ4v) is 3.05. The van der Waals surface area contributed by atoms with Crippen LogP contribution in [0.4, 0.5) is 0 Å². The number of hydrogen-bond donors (Lipinski definition) is 1. The van der Waals surface area contributed by atoms with Crippen molar-refractivity contribution < 1.29 is 4.57 Å². The van der Waals surface area contributed by atoms with Gasteiger partial charge in [0.1, 0.15) is 0 Å². The van der Waals surface area contributed by atoms with Gasteiger partial charge >= 0.3 is 0 Å². The second-order valence-electron chi connectivity index (χ2n) is 4.08. The van der Waals surface area contributed by atoms with Gasteiger partial charge in [0.25, 0.3) is 0 Å². The highest BCUT2D eigenvalue weighted by atomic mass is 31.2. The van der Waals surface area contributed by atoms with Crippen molar-refractivity contribution in [2.24, 2.45) is 0 Å². The summed E-state index contributed by atoms with van der Waals surface area (Å²) >= 11 is 0. The SMILES string of the molecule is C[P@](=O)(NCc1ccccc1)c1ccccc1. The summed E-state index contributed by atoms with van der Waals surface area (Å²) < 4.78 is 12.5. The lowest BCUT2D eigenvalue weighted by Crippen LogP contribution is -2.18. The monoisotopic (exact) mass is 245 g/mol. The molecule has 3 heteroatoms. The molecule has 0 bridgehead atoms. The van der Waals surface area contributed by atoms with Crippen LogP contribution in [0.3, 0.4) is 0 Å². The van der Waals surface area contributed by atoms with E-state index in [0.29, 0.717) is 6.54 Å². The van der Waals surface area contributed by atoms with E-state index in [-0.39, 0.29) is 0 Å². The van der Waals surface area contributed by atoms with Crippen LogP contribution in [0.1, 0.15) is 5.56 Å². The molecule has 0 spiro atoms. The molecule has 0 aliphatic rings. The molecule has 2 aromatic carbocycles. The van der Waals surface area contributed by atoms with Crippen molar-refractivity contribution in [2.45, 2.75) is 6.54 Å². The highest BCUT2D eigenvalue weighted by Crippen LogP contribution is 2.34. The first-order chi connectivity index (χ1) is 8.18. The third kappa shape index (κ3) is 3.29. The summed E-state index contributed by atoms with van der Waals surface area (Å²) in [6.07, 6.45) is 0. The Morgan fingerprint density at radius 1 is 0.941 bits per heavy atom. The van der Waals surface area contributed by atoms with Crippen LogP contribution in [-0.4, -0.2) is 6.66 Å². The topological polar surface area (TPSA) is 29.1 Å². The lowest BCUT2D eigenvalue weighted by molar-refractivity contribution is 0.575. The molecule has 1 atom stereocenters. The molecule has 0 aliphatic heterocycles. The fraction of sp³-hybridized carbons (Fsp3) is 0.143. The van der Waals surface area contributed by atoms with E-state index < -0.39 is 7.29 Å². The van der Waals surface area contributed by atoms with E-state index in [1.165, 1.54) is 0 Å². The van der Waals surface area contributed by atoms with E-state index in [4.69, 9.17) is 0 Å². The Morgan fingerprint density at radius 2 is 1.47 bits per heavy atom. The molecule has 1 N–H and O–H groups in total. The summed E-state index contributed by atoms with van der Waals surface area (Å²) in [5.41, 5.74) is 1.14. The molecule has 2 aromatic rings. The molecule has 0 heterocycles. The van der Waals surface area contributed by atoms with Gasteiger partial charge in [0.2, 0.25) is 0 Å². The van der Waals surface area contributed by atoms with Crippen LogP contribution in [0.2, 0.25) is 0 Å². The number of hydrogen-bond acceptors (Lipinski definition) is 1. The van der Waals surface area contributed by atoms with Crippen LogP contribution < -0.4 is 10.4 Å². The maximum atomic E-state index is 12.5. The molecule has 0 aliphatic carbocycles. The average molecular weight is 245 g/mol. The number of rotatable bonds is 4. The maximum Gasteiger partial charge on any atom is 0.173 e. The second-order valence-corrected chi connectivity index (χ2v) is 6.76. The minimum absolute atomic E-state index is 0.628. The van der Waals surface area contributed by atoms with Gasteiger partial charge in [-0.3, -0.25) is 5.09 Å². The van der Waals surface area contributed by atoms with Crippen LogP contribution in [0, 0.1) is 0 Å². The first kappa shape index (κ1) is 12.1. The van der Waals surface area contributed by atoms with Crippen LogP contribution >= 0.6 is 7.29 Å². The Morgan fingerprint density at radius 3 is 2.06 bits per heavy atom. The molecule has 88 valence electrons. The van der Waals surface area contributed by atoms with Crippen LogP contribution in [-0.2, 0) is 11.1 Å². The minimum Gasteiger partial charge on any atom is -0.302 e. The summed E-state index contributed by atoms with van der Waals surface area (Å²) in [4.78, 5) is 0. The van der Waals surface area contributed by atoms with E-state index in [0.717, 1.165) is 10.9 Å². The zero-order valence-electron chi connectivity index (χ0n) is 9.84. The van der Waals surface area contributed by atoms with E-state index in [9.17, 15) is 4.57 Å². The van der Waals surface area contributed by atoms with Crippen LogP contribution in [0.5, 0.6) is 0 Å². The molecule has 0 aromatic heterocycles. The standard InChI is InChI=1S/C14H16NOP/c1-17(16,14-10-6-3-7-11-14)15-12-13-8-4-2-5-9-13/h2-11H,12H2,1H3,(H,15,16)/t17-/m1/s1. The van der Waals surface area contributed by atoms with Crippen LogP contribution in [0.25, 0.3) is 0 Å². The zero-order chi connectivity index (χ0) is 12.1. The molecule has 2 rings (SSSR count). The van der Waals surface area contributed by atoms with E-state index in [2.05, 4.69) is 5.09 Å². The molecule has 17 heavy (non-hydrogen) atoms. The van der Waals surface area contributed by atoms with Crippen molar-refractivity contribution in [2.75, 3.05) is 6.66 Å². The van der Waals surface area contributed by atoms with Gasteiger partial charge in [-0.15, -0.1) is 0 Å². The molecule has 0 unspecified atom stereocenters. The molecule has 2 nitrogen and oxygen atoms in total. The summed E-state index contributed by atoms with van der Waals surface area (Å²) in [6.45, 7) is 2.40. The fourth-order valence-electron chi connectivity index (χ4n) is 1.64. The Balaban J connectivity index is 2.06. The van der Waals surface area contributed by atoms with Crippen molar-refractivity contribution in [1.29, 1.82) is 0 Å². The van der Waals surface area contributed by atoms with Gasteiger partial charge in [-0.25, -0.2) is 0 Å². The third-order valence-corrected chi connectivity index (χ3v) is 4.72. The summed E-state index contributed by atoms with van der Waals surface area (Å²) in [5.74, 6) is 0. The molecular weight excluding hydrogens is 229 g/mol. The number of benzene rings is 2. The Hall–Kier alpha value is -1.37. The van der Waals surface area contributed by atoms with Gasteiger partial charge in [-0.05, 0) is 5.56 Å².